The number of H-pyrrole nitrogens is 1. The second kappa shape index (κ2) is 7.46. The Labute approximate surface area is 159 Å². The molecule has 1 aromatic heterocycles. The van der Waals surface area contributed by atoms with Crippen molar-refractivity contribution in [3.63, 3.8) is 0 Å². The van der Waals surface area contributed by atoms with Gasteiger partial charge in [-0.3, -0.25) is 14.8 Å². The van der Waals surface area contributed by atoms with Crippen molar-refractivity contribution < 1.29 is 14.6 Å². The quantitative estimate of drug-likeness (QED) is 0.736. The van der Waals surface area contributed by atoms with Crippen LogP contribution >= 0.6 is 11.6 Å². The fourth-order valence-electron chi connectivity index (χ4n) is 4.09. The lowest BCUT2D eigenvalue weighted by Crippen LogP contribution is -2.69. The highest BCUT2D eigenvalue weighted by molar-refractivity contribution is 6.31. The molecule has 3 heterocycles. The van der Waals surface area contributed by atoms with E-state index >= 15 is 0 Å². The summed E-state index contributed by atoms with van der Waals surface area (Å²) in [6, 6.07) is 0. The minimum atomic E-state index is -0.724. The molecule has 0 bridgehead atoms. The molecule has 146 valence electrons. The first-order chi connectivity index (χ1) is 12.3. The van der Waals surface area contributed by atoms with Crippen molar-refractivity contribution in [2.75, 3.05) is 19.7 Å². The highest BCUT2D eigenvalue weighted by Gasteiger charge is 2.53. The molecular formula is C18H29ClN4O3. The van der Waals surface area contributed by atoms with Crippen LogP contribution in [0.1, 0.15) is 50.9 Å². The highest BCUT2D eigenvalue weighted by atomic mass is 35.5. The van der Waals surface area contributed by atoms with Crippen LogP contribution in [-0.2, 0) is 16.1 Å². The average molecular weight is 385 g/mol. The van der Waals surface area contributed by atoms with Crippen molar-refractivity contribution in [3.05, 3.63) is 16.4 Å². The van der Waals surface area contributed by atoms with Gasteiger partial charge in [0.1, 0.15) is 6.10 Å². The predicted molar refractivity (Wildman–Crippen MR) is 99.0 cm³/mol. The molecule has 8 heteroatoms. The van der Waals surface area contributed by atoms with Gasteiger partial charge in [-0.15, -0.1) is 0 Å². The normalized spacial score (nSPS) is 29.0. The minimum Gasteiger partial charge on any atom is -0.388 e. The SMILES string of the molecule is CCC(=O)N[C@]1(C)CCOC2(CCN(Cc3n[nH]c(C)c3Cl)CC2)[C@H]1O. The van der Waals surface area contributed by atoms with Gasteiger partial charge in [0.2, 0.25) is 5.91 Å². The molecule has 2 fully saturated rings. The number of aromatic amines is 1. The van der Waals surface area contributed by atoms with Crippen molar-refractivity contribution in [3.8, 4) is 0 Å². The number of aliphatic hydroxyl groups is 1. The minimum absolute atomic E-state index is 0.0374. The van der Waals surface area contributed by atoms with E-state index in [1.165, 1.54) is 0 Å². The average Bonchev–Trinajstić information content (AvgIpc) is 2.93. The molecule has 0 radical (unpaired) electrons. The topological polar surface area (TPSA) is 90.5 Å². The van der Waals surface area contributed by atoms with Crippen molar-refractivity contribution in [2.45, 2.75) is 70.2 Å². The number of halogens is 1. The first kappa shape index (κ1) is 19.6. The molecule has 1 spiro atoms. The molecule has 0 aromatic carbocycles. The molecule has 26 heavy (non-hydrogen) atoms. The maximum Gasteiger partial charge on any atom is 0.220 e. The molecule has 0 aliphatic carbocycles. The summed E-state index contributed by atoms with van der Waals surface area (Å²) in [4.78, 5) is 14.2. The van der Waals surface area contributed by atoms with Gasteiger partial charge in [0, 0.05) is 32.7 Å². The summed E-state index contributed by atoms with van der Waals surface area (Å²) in [5.41, 5.74) is 0.486. The van der Waals surface area contributed by atoms with Crippen LogP contribution in [-0.4, -0.2) is 63.1 Å². The largest absolute Gasteiger partial charge is 0.388 e. The zero-order chi connectivity index (χ0) is 18.9. The van der Waals surface area contributed by atoms with Gasteiger partial charge in [-0.05, 0) is 33.1 Å². The van der Waals surface area contributed by atoms with E-state index in [0.717, 1.165) is 24.5 Å². The van der Waals surface area contributed by atoms with E-state index in [0.29, 0.717) is 43.9 Å². The van der Waals surface area contributed by atoms with Gasteiger partial charge in [0.15, 0.2) is 0 Å². The molecule has 3 rings (SSSR count). The van der Waals surface area contributed by atoms with Crippen LogP contribution in [0.15, 0.2) is 0 Å². The monoisotopic (exact) mass is 384 g/mol. The number of rotatable bonds is 4. The van der Waals surface area contributed by atoms with Crippen LogP contribution in [0.4, 0.5) is 0 Å². The maximum atomic E-state index is 11.9. The molecule has 2 aliphatic heterocycles. The van der Waals surface area contributed by atoms with E-state index < -0.39 is 17.2 Å². The lowest BCUT2D eigenvalue weighted by molar-refractivity contribution is -0.208. The zero-order valence-electron chi connectivity index (χ0n) is 15.8. The standard InChI is InChI=1S/C18H29ClN4O3/c1-4-14(24)20-17(3)7-10-26-18(16(17)25)5-8-23(9-6-18)11-13-15(19)12(2)21-22-13/h16,25H,4-11H2,1-3H3,(H,20,24)(H,21,22)/t16-,17+/m0/s1. The van der Waals surface area contributed by atoms with Crippen molar-refractivity contribution >= 4 is 17.5 Å². The number of likely N-dealkylation sites (tertiary alicyclic amines) is 1. The lowest BCUT2D eigenvalue weighted by Gasteiger charge is -2.53. The molecule has 2 saturated heterocycles. The van der Waals surface area contributed by atoms with Crippen molar-refractivity contribution in [1.29, 1.82) is 0 Å². The van der Waals surface area contributed by atoms with E-state index in [9.17, 15) is 9.90 Å². The number of nitrogens with zero attached hydrogens (tertiary/aromatic N) is 2. The Bertz CT molecular complexity index is 657. The third kappa shape index (κ3) is 3.63. The summed E-state index contributed by atoms with van der Waals surface area (Å²) in [6.45, 7) is 8.45. The number of amides is 1. The van der Waals surface area contributed by atoms with Crippen molar-refractivity contribution in [1.82, 2.24) is 20.4 Å². The Morgan fingerprint density at radius 2 is 2.15 bits per heavy atom. The smallest absolute Gasteiger partial charge is 0.220 e. The molecule has 1 amide bonds. The highest BCUT2D eigenvalue weighted by Crippen LogP contribution is 2.40. The van der Waals surface area contributed by atoms with Crippen LogP contribution in [0.3, 0.4) is 0 Å². The van der Waals surface area contributed by atoms with E-state index in [1.54, 1.807) is 0 Å². The molecule has 7 nitrogen and oxygen atoms in total. The Morgan fingerprint density at radius 1 is 1.46 bits per heavy atom. The lowest BCUT2D eigenvalue weighted by atomic mass is 9.73. The number of nitrogens with one attached hydrogen (secondary N) is 2. The van der Waals surface area contributed by atoms with Gasteiger partial charge < -0.3 is 15.2 Å². The zero-order valence-corrected chi connectivity index (χ0v) is 16.5. The van der Waals surface area contributed by atoms with Crippen LogP contribution < -0.4 is 5.32 Å². The first-order valence-electron chi connectivity index (χ1n) is 9.34. The molecule has 2 atom stereocenters. The number of carbonyl (C=O) groups excluding carboxylic acids is 1. The van der Waals surface area contributed by atoms with Gasteiger partial charge in [0.25, 0.3) is 0 Å². The summed E-state index contributed by atoms with van der Waals surface area (Å²) < 4.78 is 6.08. The second-order valence-corrected chi connectivity index (χ2v) is 8.15. The number of hydrogen-bond acceptors (Lipinski definition) is 5. The molecule has 0 unspecified atom stereocenters. The van der Waals surface area contributed by atoms with E-state index in [2.05, 4.69) is 20.4 Å². The van der Waals surface area contributed by atoms with Gasteiger partial charge in [-0.1, -0.05) is 18.5 Å². The number of hydrogen-bond donors (Lipinski definition) is 3. The van der Waals surface area contributed by atoms with Crippen molar-refractivity contribution in [2.24, 2.45) is 0 Å². The number of aromatic nitrogens is 2. The predicted octanol–water partition coefficient (Wildman–Crippen LogP) is 1.77. The van der Waals surface area contributed by atoms with Gasteiger partial charge >= 0.3 is 0 Å². The molecule has 2 aliphatic rings. The summed E-state index contributed by atoms with van der Waals surface area (Å²) >= 11 is 6.27. The summed E-state index contributed by atoms with van der Waals surface area (Å²) in [5, 5.41) is 22.0. The van der Waals surface area contributed by atoms with Gasteiger partial charge in [0.05, 0.1) is 27.6 Å². The fourth-order valence-corrected chi connectivity index (χ4v) is 4.23. The second-order valence-electron chi connectivity index (χ2n) is 7.77. The fraction of sp³-hybridized carbons (Fsp3) is 0.778. The molecule has 0 saturated carbocycles. The molecule has 1 aromatic rings. The Morgan fingerprint density at radius 3 is 2.73 bits per heavy atom. The number of ether oxygens (including phenoxy) is 1. The van der Waals surface area contributed by atoms with Crippen LogP contribution in [0, 0.1) is 6.92 Å². The number of carbonyl (C=O) groups is 1. The van der Waals surface area contributed by atoms with Gasteiger partial charge in [-0.25, -0.2) is 0 Å². The van der Waals surface area contributed by atoms with E-state index in [4.69, 9.17) is 16.3 Å². The third-order valence-corrected chi connectivity index (χ3v) is 6.38. The molecular weight excluding hydrogens is 356 g/mol. The van der Waals surface area contributed by atoms with Gasteiger partial charge in [-0.2, -0.15) is 5.10 Å². The third-order valence-electron chi connectivity index (χ3n) is 5.88. The number of piperidine rings is 1. The van der Waals surface area contributed by atoms with Crippen LogP contribution in [0.25, 0.3) is 0 Å². The Balaban J connectivity index is 1.65. The Hall–Kier alpha value is -1.15. The maximum absolute atomic E-state index is 11.9. The van der Waals surface area contributed by atoms with E-state index in [1.807, 2.05) is 20.8 Å². The van der Waals surface area contributed by atoms with Crippen LogP contribution in [0.5, 0.6) is 0 Å². The van der Waals surface area contributed by atoms with Crippen LogP contribution in [0.2, 0.25) is 5.02 Å². The molecule has 3 N–H and O–H groups in total. The Kier molecular flexibility index (Phi) is 5.63. The summed E-state index contributed by atoms with van der Waals surface area (Å²) in [7, 11) is 0. The first-order valence-corrected chi connectivity index (χ1v) is 9.72. The summed E-state index contributed by atoms with van der Waals surface area (Å²) in [5.74, 6) is -0.0374. The number of aliphatic hydroxyl groups excluding tert-OH is 1. The van der Waals surface area contributed by atoms with E-state index in [-0.39, 0.29) is 5.91 Å². The summed E-state index contributed by atoms with van der Waals surface area (Å²) in [6.07, 6.45) is 1.73. The number of aryl methyl sites for hydroxylation is 1.